The molecular formula is C27H26O4P+. The maximum Gasteiger partial charge on any atom is 0.200 e. The molecule has 3 aromatic rings. The molecule has 0 saturated heterocycles. The van der Waals surface area contributed by atoms with Gasteiger partial charge in [-0.25, -0.2) is 0 Å². The third-order valence-electron chi connectivity index (χ3n) is 5.81. The second-order valence-corrected chi connectivity index (χ2v) is 11.0. The van der Waals surface area contributed by atoms with Gasteiger partial charge in [0.15, 0.2) is 5.66 Å². The molecule has 1 aliphatic carbocycles. The first-order valence-corrected chi connectivity index (χ1v) is 12.2. The quantitative estimate of drug-likeness (QED) is 0.515. The topological polar surface area (TPSA) is 44.8 Å². The monoisotopic (exact) mass is 445 g/mol. The minimum Gasteiger partial charge on any atom is -0.497 e. The highest BCUT2D eigenvalue weighted by Gasteiger charge is 2.54. The van der Waals surface area contributed by atoms with E-state index in [9.17, 15) is 4.79 Å². The Morgan fingerprint density at radius 1 is 0.594 bits per heavy atom. The van der Waals surface area contributed by atoms with Crippen molar-refractivity contribution in [3.05, 3.63) is 97.1 Å². The van der Waals surface area contributed by atoms with Gasteiger partial charge in [0.25, 0.3) is 0 Å². The Kier molecular flexibility index (Phi) is 6.43. The summed E-state index contributed by atoms with van der Waals surface area (Å²) in [5.74, 6) is 2.44. The lowest BCUT2D eigenvalue weighted by molar-refractivity contribution is -0.113. The highest BCUT2D eigenvalue weighted by Crippen LogP contribution is 2.61. The number of methoxy groups -OCH3 is 3. The molecule has 162 valence electrons. The molecule has 1 aliphatic rings. The third kappa shape index (κ3) is 3.83. The molecule has 3 aromatic carbocycles. The number of carbonyl (C=O) groups is 1. The molecule has 1 unspecified atom stereocenters. The zero-order valence-electron chi connectivity index (χ0n) is 18.4. The van der Waals surface area contributed by atoms with E-state index >= 15 is 0 Å². The van der Waals surface area contributed by atoms with E-state index in [1.54, 1.807) is 27.4 Å². The van der Waals surface area contributed by atoms with Gasteiger partial charge in [-0.2, -0.15) is 0 Å². The maximum absolute atomic E-state index is 13.3. The minimum absolute atomic E-state index is 0.100. The molecule has 0 radical (unpaired) electrons. The lowest BCUT2D eigenvalue weighted by Crippen LogP contribution is -2.41. The van der Waals surface area contributed by atoms with Crippen LogP contribution in [0.3, 0.4) is 0 Å². The Morgan fingerprint density at radius 3 is 1.28 bits per heavy atom. The molecule has 0 heterocycles. The van der Waals surface area contributed by atoms with Gasteiger partial charge < -0.3 is 14.2 Å². The Bertz CT molecular complexity index is 1010. The molecule has 0 aromatic heterocycles. The number of allylic oxidation sites excluding steroid dienone is 4. The number of ketones is 1. The van der Waals surface area contributed by atoms with E-state index in [1.165, 1.54) is 0 Å². The summed E-state index contributed by atoms with van der Waals surface area (Å²) in [4.78, 5) is 13.3. The molecule has 5 heteroatoms. The summed E-state index contributed by atoms with van der Waals surface area (Å²) in [7, 11) is 2.54. The van der Waals surface area contributed by atoms with E-state index in [2.05, 4.69) is 36.4 Å². The third-order valence-corrected chi connectivity index (χ3v) is 10.4. The zero-order valence-corrected chi connectivity index (χ0v) is 19.3. The Hall–Kier alpha value is -3.36. The van der Waals surface area contributed by atoms with Crippen LogP contribution in [0.15, 0.2) is 97.1 Å². The fourth-order valence-corrected chi connectivity index (χ4v) is 8.76. The van der Waals surface area contributed by atoms with Crippen molar-refractivity contribution in [3.8, 4) is 17.2 Å². The lowest BCUT2D eigenvalue weighted by Gasteiger charge is -2.33. The number of ether oxygens (including phenoxy) is 3. The molecule has 4 rings (SSSR count). The van der Waals surface area contributed by atoms with Gasteiger partial charge in [0.2, 0.25) is 5.78 Å². The van der Waals surface area contributed by atoms with Gasteiger partial charge >= 0.3 is 0 Å². The van der Waals surface area contributed by atoms with Crippen LogP contribution in [0, 0.1) is 0 Å². The van der Waals surface area contributed by atoms with E-state index < -0.39 is 7.26 Å². The van der Waals surface area contributed by atoms with Crippen molar-refractivity contribution in [1.82, 2.24) is 0 Å². The normalized spacial score (nSPS) is 15.5. The van der Waals surface area contributed by atoms with E-state index in [1.807, 2.05) is 54.6 Å². The average molecular weight is 445 g/mol. The number of hydrogen-bond donors (Lipinski definition) is 0. The van der Waals surface area contributed by atoms with Gasteiger partial charge in [0, 0.05) is 0 Å². The first-order chi connectivity index (χ1) is 15.6. The van der Waals surface area contributed by atoms with Crippen LogP contribution < -0.4 is 30.1 Å². The molecule has 0 spiro atoms. The number of benzene rings is 3. The van der Waals surface area contributed by atoms with Crippen molar-refractivity contribution >= 4 is 29.0 Å². The van der Waals surface area contributed by atoms with Crippen molar-refractivity contribution in [3.63, 3.8) is 0 Å². The summed E-state index contributed by atoms with van der Waals surface area (Å²) in [6, 6.07) is 24.3. The predicted molar refractivity (Wildman–Crippen MR) is 132 cm³/mol. The Labute approximate surface area is 189 Å². The van der Waals surface area contributed by atoms with Crippen molar-refractivity contribution in [2.75, 3.05) is 21.3 Å². The van der Waals surface area contributed by atoms with Crippen molar-refractivity contribution in [2.45, 2.75) is 5.66 Å². The van der Waals surface area contributed by atoms with Gasteiger partial charge in [-0.15, -0.1) is 0 Å². The van der Waals surface area contributed by atoms with Crippen molar-refractivity contribution in [1.29, 1.82) is 0 Å². The van der Waals surface area contributed by atoms with Crippen LogP contribution >= 0.6 is 7.26 Å². The van der Waals surface area contributed by atoms with Crippen LogP contribution in [0.5, 0.6) is 17.2 Å². The first kappa shape index (κ1) is 21.9. The highest BCUT2D eigenvalue weighted by atomic mass is 31.2. The number of carbonyl (C=O) groups excluding carboxylic acids is 1. The molecule has 0 saturated carbocycles. The van der Waals surface area contributed by atoms with Crippen molar-refractivity contribution in [2.24, 2.45) is 0 Å². The summed E-state index contributed by atoms with van der Waals surface area (Å²) in [6.07, 6.45) is 7.49. The summed E-state index contributed by atoms with van der Waals surface area (Å²) < 4.78 is 16.2. The molecule has 0 bridgehead atoms. The van der Waals surface area contributed by atoms with Gasteiger partial charge in [-0.05, 0) is 84.9 Å². The number of rotatable bonds is 7. The van der Waals surface area contributed by atoms with Gasteiger partial charge in [0.05, 0.1) is 21.3 Å². The Balaban J connectivity index is 2.04. The van der Waals surface area contributed by atoms with Crippen LogP contribution in [0.1, 0.15) is 0 Å². The lowest BCUT2D eigenvalue weighted by atomic mass is 10.2. The molecule has 0 fully saturated rings. The molecule has 0 N–H and O–H groups in total. The van der Waals surface area contributed by atoms with Crippen LogP contribution in [0.25, 0.3) is 0 Å². The second kappa shape index (κ2) is 9.42. The SMILES string of the molecule is COc1ccc([P+](c2ccc(OC)cc2)(c2ccc(OC)cc2)C2C=CC=CC2=O)cc1. The minimum atomic E-state index is -2.43. The standard InChI is InChI=1S/C27H26O4P/c1-29-20-8-14-23(15-9-20)32(27-7-5-4-6-26(27)28,24-16-10-21(30-2)11-17-24)25-18-12-22(31-3)13-19-25/h4-19,27H,1-3H3/q+1. The summed E-state index contributed by atoms with van der Waals surface area (Å²) in [5.41, 5.74) is -0.317. The average Bonchev–Trinajstić information content (AvgIpc) is 2.86. The van der Waals surface area contributed by atoms with Crippen LogP contribution in [0.2, 0.25) is 0 Å². The van der Waals surface area contributed by atoms with Crippen molar-refractivity contribution < 1.29 is 19.0 Å². The Morgan fingerprint density at radius 2 is 0.969 bits per heavy atom. The van der Waals surface area contributed by atoms with E-state index in [-0.39, 0.29) is 11.4 Å². The smallest absolute Gasteiger partial charge is 0.200 e. The summed E-state index contributed by atoms with van der Waals surface area (Å²) in [6.45, 7) is 0. The van der Waals surface area contributed by atoms with Crippen LogP contribution in [-0.2, 0) is 4.79 Å². The molecular weight excluding hydrogens is 419 g/mol. The first-order valence-electron chi connectivity index (χ1n) is 10.3. The van der Waals surface area contributed by atoms with Gasteiger partial charge in [-0.1, -0.05) is 12.2 Å². The molecule has 0 aliphatic heterocycles. The fourth-order valence-electron chi connectivity index (χ4n) is 4.21. The molecule has 0 amide bonds. The largest absolute Gasteiger partial charge is 0.497 e. The van der Waals surface area contributed by atoms with Gasteiger partial charge in [0.1, 0.15) is 40.4 Å². The molecule has 1 atom stereocenters. The maximum atomic E-state index is 13.3. The predicted octanol–water partition coefficient (Wildman–Crippen LogP) is 4.07. The zero-order chi connectivity index (χ0) is 22.6. The summed E-state index contributed by atoms with van der Waals surface area (Å²) in [5, 5.41) is 3.31. The highest BCUT2D eigenvalue weighted by molar-refractivity contribution is 7.97. The molecule has 32 heavy (non-hydrogen) atoms. The van der Waals surface area contributed by atoms with Gasteiger partial charge in [-0.3, -0.25) is 4.79 Å². The van der Waals surface area contributed by atoms with Crippen LogP contribution in [0.4, 0.5) is 0 Å². The van der Waals surface area contributed by atoms with E-state index in [0.717, 1.165) is 33.2 Å². The van der Waals surface area contributed by atoms with E-state index in [0.29, 0.717) is 0 Å². The number of hydrogen-bond acceptors (Lipinski definition) is 4. The second-order valence-electron chi connectivity index (χ2n) is 7.41. The fraction of sp³-hybridized carbons (Fsp3) is 0.148. The van der Waals surface area contributed by atoms with E-state index in [4.69, 9.17) is 14.2 Å². The summed E-state index contributed by atoms with van der Waals surface area (Å²) >= 11 is 0. The molecule has 4 nitrogen and oxygen atoms in total. The van der Waals surface area contributed by atoms with Crippen LogP contribution in [-0.4, -0.2) is 32.8 Å².